The van der Waals surface area contributed by atoms with Gasteiger partial charge in [-0.05, 0) is 17.2 Å². The molecular weight excluding hydrogens is 272 g/mol. The lowest BCUT2D eigenvalue weighted by atomic mass is 10.0. The van der Waals surface area contributed by atoms with Crippen LogP contribution in [0, 0.1) is 0 Å². The molecule has 0 spiro atoms. The minimum atomic E-state index is 0.283. The van der Waals surface area contributed by atoms with Gasteiger partial charge in [0.1, 0.15) is 0 Å². The van der Waals surface area contributed by atoms with Crippen LogP contribution in [0.4, 0.5) is 0 Å². The van der Waals surface area contributed by atoms with E-state index in [0.29, 0.717) is 16.4 Å². The van der Waals surface area contributed by atoms with Crippen molar-refractivity contribution >= 4 is 21.4 Å². The lowest BCUT2D eigenvalue weighted by Crippen LogP contribution is -2.13. The van der Waals surface area contributed by atoms with Crippen molar-refractivity contribution in [3.05, 3.63) is 83.4 Å². The van der Waals surface area contributed by atoms with Crippen molar-refractivity contribution in [3.63, 3.8) is 0 Å². The maximum Gasteiger partial charge on any atom is 0.243 e. The summed E-state index contributed by atoms with van der Waals surface area (Å²) in [6.45, 7) is 0.554. The Morgan fingerprint density at radius 3 is 1.95 bits per heavy atom. The Kier molecular flexibility index (Phi) is 5.88. The smallest absolute Gasteiger partial charge is 0.243 e. The maximum atomic E-state index is 5.70. The molecule has 0 heterocycles. The molecule has 1 nitrogen and oxygen atoms in total. The molecule has 0 unspecified atom stereocenters. The fraction of sp³-hybridized carbons (Fsp3) is 0.125. The largest absolute Gasteiger partial charge is 0.413 e. The van der Waals surface area contributed by atoms with E-state index < -0.39 is 0 Å². The van der Waals surface area contributed by atoms with Gasteiger partial charge in [-0.25, -0.2) is 0 Å². The molecule has 0 fully saturated rings. The Balaban J connectivity index is 2.14. The van der Waals surface area contributed by atoms with Gasteiger partial charge >= 0.3 is 0 Å². The Labute approximate surface area is 121 Å². The highest BCUT2D eigenvalue weighted by molar-refractivity contribution is 6.31. The number of hydrogen-bond donors (Lipinski definition) is 0. The molecule has 0 aliphatic carbocycles. The third kappa shape index (κ3) is 4.35. The third-order valence-corrected chi connectivity index (χ3v) is 4.15. The molecule has 2 aromatic carbocycles. The van der Waals surface area contributed by atoms with Gasteiger partial charge in [0, 0.05) is 11.1 Å². The summed E-state index contributed by atoms with van der Waals surface area (Å²) >= 11 is 5.49. The van der Waals surface area contributed by atoms with Gasteiger partial charge < -0.3 is 4.43 Å². The highest BCUT2D eigenvalue weighted by atomic mass is 35.5. The average molecular weight is 287 g/mol. The Hall–Kier alpha value is -1.35. The SMILES string of the molecule is Cl/C=C/CO[Si]C(c1ccccc1)c1ccccc1. The predicted molar refractivity (Wildman–Crippen MR) is 81.4 cm³/mol. The standard InChI is InChI=1S/C16H15ClOSi/c17-12-7-13-18-19-16(14-8-3-1-4-9-14)15-10-5-2-6-11-15/h1-12,16H,13H2/b12-7+. The fourth-order valence-corrected chi connectivity index (χ4v) is 2.92. The number of halogens is 1. The first kappa shape index (κ1) is 14.1. The molecule has 0 saturated heterocycles. The van der Waals surface area contributed by atoms with E-state index in [1.807, 2.05) is 18.2 Å². The zero-order valence-corrected chi connectivity index (χ0v) is 12.3. The summed E-state index contributed by atoms with van der Waals surface area (Å²) in [5.74, 6) is 0. The predicted octanol–water partition coefficient (Wildman–Crippen LogP) is 4.16. The van der Waals surface area contributed by atoms with E-state index in [2.05, 4.69) is 48.5 Å². The summed E-state index contributed by atoms with van der Waals surface area (Å²) in [7, 11) is 0.378. The third-order valence-electron chi connectivity index (χ3n) is 2.74. The second-order valence-electron chi connectivity index (χ2n) is 4.04. The van der Waals surface area contributed by atoms with Gasteiger partial charge in [-0.1, -0.05) is 72.3 Å². The van der Waals surface area contributed by atoms with E-state index in [1.54, 1.807) is 0 Å². The van der Waals surface area contributed by atoms with Crippen molar-refractivity contribution in [2.75, 3.05) is 6.61 Å². The molecular formula is C16H15ClOSi. The summed E-state index contributed by atoms with van der Waals surface area (Å²) in [5.41, 5.74) is 4.33. The quantitative estimate of drug-likeness (QED) is 0.572. The molecule has 2 rings (SSSR count). The van der Waals surface area contributed by atoms with E-state index in [9.17, 15) is 0 Å². The molecule has 0 aromatic heterocycles. The Morgan fingerprint density at radius 1 is 0.947 bits per heavy atom. The molecule has 0 saturated carbocycles. The average Bonchev–Trinajstić information content (AvgIpc) is 2.49. The first-order valence-corrected chi connectivity index (χ1v) is 7.56. The number of rotatable bonds is 6. The molecule has 3 heteroatoms. The molecule has 2 aromatic rings. The number of benzene rings is 2. The van der Waals surface area contributed by atoms with Crippen LogP contribution in [0.25, 0.3) is 0 Å². The second kappa shape index (κ2) is 7.95. The summed E-state index contributed by atoms with van der Waals surface area (Å²) in [6, 6.07) is 20.9. The first-order valence-electron chi connectivity index (χ1n) is 6.14. The van der Waals surface area contributed by atoms with Crippen LogP contribution in [0.1, 0.15) is 16.7 Å². The van der Waals surface area contributed by atoms with Gasteiger partial charge in [0.15, 0.2) is 0 Å². The van der Waals surface area contributed by atoms with Gasteiger partial charge in [0.2, 0.25) is 9.76 Å². The molecule has 2 radical (unpaired) electrons. The van der Waals surface area contributed by atoms with Crippen LogP contribution in [-0.4, -0.2) is 16.4 Å². The van der Waals surface area contributed by atoms with Crippen LogP contribution in [0.2, 0.25) is 0 Å². The zero-order valence-electron chi connectivity index (χ0n) is 10.5. The monoisotopic (exact) mass is 286 g/mol. The topological polar surface area (TPSA) is 9.23 Å². The van der Waals surface area contributed by atoms with Crippen molar-refractivity contribution in [3.8, 4) is 0 Å². The van der Waals surface area contributed by atoms with Gasteiger partial charge in [-0.15, -0.1) is 0 Å². The van der Waals surface area contributed by atoms with E-state index >= 15 is 0 Å². The van der Waals surface area contributed by atoms with E-state index in [-0.39, 0.29) is 5.54 Å². The Morgan fingerprint density at radius 2 is 1.47 bits per heavy atom. The summed E-state index contributed by atoms with van der Waals surface area (Å²) in [5, 5.41) is 0. The molecule has 0 N–H and O–H groups in total. The first-order chi connectivity index (χ1) is 9.42. The van der Waals surface area contributed by atoms with E-state index in [0.717, 1.165) is 0 Å². The molecule has 19 heavy (non-hydrogen) atoms. The molecule has 0 bridgehead atoms. The van der Waals surface area contributed by atoms with Crippen LogP contribution in [0.5, 0.6) is 0 Å². The van der Waals surface area contributed by atoms with Gasteiger partial charge in [-0.2, -0.15) is 0 Å². The lowest BCUT2D eigenvalue weighted by molar-refractivity contribution is 0.381. The molecule has 0 aliphatic rings. The Bertz CT molecular complexity index is 459. The van der Waals surface area contributed by atoms with E-state index in [1.165, 1.54) is 16.7 Å². The van der Waals surface area contributed by atoms with Gasteiger partial charge in [0.05, 0.1) is 6.61 Å². The van der Waals surface area contributed by atoms with Crippen LogP contribution in [0.15, 0.2) is 72.3 Å². The lowest BCUT2D eigenvalue weighted by Gasteiger charge is -2.16. The highest BCUT2D eigenvalue weighted by Gasteiger charge is 2.15. The van der Waals surface area contributed by atoms with Crippen molar-refractivity contribution in [2.45, 2.75) is 5.54 Å². The summed E-state index contributed by atoms with van der Waals surface area (Å²) < 4.78 is 5.70. The van der Waals surface area contributed by atoms with Crippen molar-refractivity contribution < 1.29 is 4.43 Å². The van der Waals surface area contributed by atoms with Gasteiger partial charge in [0.25, 0.3) is 0 Å². The van der Waals surface area contributed by atoms with E-state index in [4.69, 9.17) is 16.0 Å². The van der Waals surface area contributed by atoms with Gasteiger partial charge in [-0.3, -0.25) is 0 Å². The maximum absolute atomic E-state index is 5.70. The molecule has 0 aliphatic heterocycles. The van der Waals surface area contributed by atoms with Crippen LogP contribution >= 0.6 is 11.6 Å². The van der Waals surface area contributed by atoms with Crippen molar-refractivity contribution in [1.82, 2.24) is 0 Å². The molecule has 96 valence electrons. The number of hydrogen-bond acceptors (Lipinski definition) is 1. The minimum absolute atomic E-state index is 0.283. The normalized spacial score (nSPS) is 11.3. The van der Waals surface area contributed by atoms with Crippen LogP contribution in [-0.2, 0) is 4.43 Å². The minimum Gasteiger partial charge on any atom is -0.413 e. The van der Waals surface area contributed by atoms with Crippen molar-refractivity contribution in [2.24, 2.45) is 0 Å². The highest BCUT2D eigenvalue weighted by Crippen LogP contribution is 2.23. The van der Waals surface area contributed by atoms with Crippen LogP contribution < -0.4 is 0 Å². The molecule has 0 amide bonds. The van der Waals surface area contributed by atoms with Crippen molar-refractivity contribution in [1.29, 1.82) is 0 Å². The summed E-state index contributed by atoms with van der Waals surface area (Å²) in [4.78, 5) is 0. The second-order valence-corrected chi connectivity index (χ2v) is 5.40. The van der Waals surface area contributed by atoms with Crippen LogP contribution in [0.3, 0.4) is 0 Å². The zero-order chi connectivity index (χ0) is 13.3. The molecule has 0 atom stereocenters. The fourth-order valence-electron chi connectivity index (χ4n) is 1.84. The summed E-state index contributed by atoms with van der Waals surface area (Å²) in [6.07, 6.45) is 1.81.